The SMILES string of the molecule is C[C@]1(C[C@@H](O)CO)SCCCS1=O. The van der Waals surface area contributed by atoms with Crippen LogP contribution in [0.25, 0.3) is 0 Å². The van der Waals surface area contributed by atoms with E-state index in [1.807, 2.05) is 6.92 Å². The summed E-state index contributed by atoms with van der Waals surface area (Å²) in [4.78, 5) is 0. The average Bonchev–Trinajstić information content (AvgIpc) is 2.10. The van der Waals surface area contributed by atoms with E-state index < -0.39 is 16.9 Å². The molecule has 0 radical (unpaired) electrons. The molecule has 0 aliphatic carbocycles. The van der Waals surface area contributed by atoms with E-state index in [4.69, 9.17) is 5.11 Å². The first-order valence-electron chi connectivity index (χ1n) is 4.40. The van der Waals surface area contributed by atoms with E-state index in [-0.39, 0.29) is 10.7 Å². The van der Waals surface area contributed by atoms with Crippen LogP contribution in [-0.2, 0) is 10.8 Å². The predicted octanol–water partition coefficient (Wildman–Crippen LogP) is 0.332. The van der Waals surface area contributed by atoms with Gasteiger partial charge in [0.2, 0.25) is 0 Å². The molecule has 1 fully saturated rings. The third-order valence-electron chi connectivity index (χ3n) is 2.18. The summed E-state index contributed by atoms with van der Waals surface area (Å²) in [6.07, 6.45) is 0.669. The van der Waals surface area contributed by atoms with Crippen molar-refractivity contribution in [1.82, 2.24) is 0 Å². The Morgan fingerprint density at radius 3 is 2.92 bits per heavy atom. The fourth-order valence-electron chi connectivity index (χ4n) is 1.40. The maximum absolute atomic E-state index is 11.7. The van der Waals surface area contributed by atoms with Crippen LogP contribution in [0.5, 0.6) is 0 Å². The third-order valence-corrected chi connectivity index (χ3v) is 6.15. The van der Waals surface area contributed by atoms with Crippen molar-refractivity contribution in [3.05, 3.63) is 0 Å². The van der Waals surface area contributed by atoms with Crippen LogP contribution >= 0.6 is 11.8 Å². The van der Waals surface area contributed by atoms with Gasteiger partial charge in [-0.3, -0.25) is 4.21 Å². The number of hydrogen-bond donors (Lipinski definition) is 2. The van der Waals surface area contributed by atoms with E-state index in [1.165, 1.54) is 0 Å². The van der Waals surface area contributed by atoms with Crippen LogP contribution in [0.2, 0.25) is 0 Å². The number of aliphatic hydroxyl groups is 2. The molecule has 1 unspecified atom stereocenters. The van der Waals surface area contributed by atoms with Crippen LogP contribution < -0.4 is 0 Å². The Bertz CT molecular complexity index is 198. The second kappa shape index (κ2) is 4.77. The number of thioether (sulfide) groups is 1. The Labute approximate surface area is 85.4 Å². The van der Waals surface area contributed by atoms with Crippen molar-refractivity contribution in [3.8, 4) is 0 Å². The van der Waals surface area contributed by atoms with E-state index in [0.29, 0.717) is 6.42 Å². The van der Waals surface area contributed by atoms with Gasteiger partial charge in [0.05, 0.1) is 16.8 Å². The van der Waals surface area contributed by atoms with Gasteiger partial charge >= 0.3 is 0 Å². The molecule has 1 aliphatic rings. The van der Waals surface area contributed by atoms with E-state index in [9.17, 15) is 9.32 Å². The minimum atomic E-state index is -0.874. The fourth-order valence-corrected chi connectivity index (χ4v) is 4.86. The first kappa shape index (κ1) is 11.5. The van der Waals surface area contributed by atoms with Crippen molar-refractivity contribution in [2.45, 2.75) is 29.9 Å². The molecule has 0 bridgehead atoms. The molecule has 0 spiro atoms. The molecule has 3 nitrogen and oxygen atoms in total. The summed E-state index contributed by atoms with van der Waals surface area (Å²) in [6, 6.07) is 0. The normalized spacial score (nSPS) is 37.3. The number of aliphatic hydroxyl groups excluding tert-OH is 2. The van der Waals surface area contributed by atoms with Gasteiger partial charge in [-0.25, -0.2) is 0 Å². The van der Waals surface area contributed by atoms with Gasteiger partial charge in [0, 0.05) is 23.0 Å². The molecule has 0 aromatic heterocycles. The van der Waals surface area contributed by atoms with Crippen molar-refractivity contribution in [2.75, 3.05) is 18.1 Å². The highest BCUT2D eigenvalue weighted by molar-refractivity contribution is 8.13. The molecule has 3 atom stereocenters. The van der Waals surface area contributed by atoms with Crippen LogP contribution in [0.4, 0.5) is 0 Å². The highest BCUT2D eigenvalue weighted by Crippen LogP contribution is 2.37. The van der Waals surface area contributed by atoms with Crippen molar-refractivity contribution in [3.63, 3.8) is 0 Å². The van der Waals surface area contributed by atoms with Gasteiger partial charge in [0.1, 0.15) is 0 Å². The Morgan fingerprint density at radius 2 is 2.38 bits per heavy atom. The van der Waals surface area contributed by atoms with Crippen molar-refractivity contribution in [2.24, 2.45) is 0 Å². The molecule has 13 heavy (non-hydrogen) atoms. The molecule has 1 aliphatic heterocycles. The molecular weight excluding hydrogens is 208 g/mol. The van der Waals surface area contributed by atoms with Gasteiger partial charge in [-0.15, -0.1) is 11.8 Å². The zero-order valence-corrected chi connectivity index (χ0v) is 9.37. The Balaban J connectivity index is 2.56. The molecule has 0 saturated carbocycles. The third kappa shape index (κ3) is 2.94. The molecular formula is C8H16O3S2. The van der Waals surface area contributed by atoms with Crippen LogP contribution in [-0.4, -0.2) is 42.7 Å². The van der Waals surface area contributed by atoms with Crippen LogP contribution in [0.15, 0.2) is 0 Å². The molecule has 1 saturated heterocycles. The monoisotopic (exact) mass is 224 g/mol. The summed E-state index contributed by atoms with van der Waals surface area (Å²) in [7, 11) is -0.874. The van der Waals surface area contributed by atoms with Gasteiger partial charge in [-0.2, -0.15) is 0 Å². The topological polar surface area (TPSA) is 57.5 Å². The van der Waals surface area contributed by atoms with Crippen molar-refractivity contribution < 1.29 is 14.4 Å². The smallest absolute Gasteiger partial charge is 0.0906 e. The summed E-state index contributed by atoms with van der Waals surface area (Å²) in [5.74, 6) is 1.72. The summed E-state index contributed by atoms with van der Waals surface area (Å²) >= 11 is 1.65. The molecule has 1 rings (SSSR count). The van der Waals surface area contributed by atoms with Crippen molar-refractivity contribution >= 4 is 22.6 Å². The van der Waals surface area contributed by atoms with E-state index >= 15 is 0 Å². The highest BCUT2D eigenvalue weighted by atomic mass is 32.2. The molecule has 78 valence electrons. The van der Waals surface area contributed by atoms with Gasteiger partial charge < -0.3 is 10.2 Å². The minimum absolute atomic E-state index is 0.243. The van der Waals surface area contributed by atoms with Crippen molar-refractivity contribution in [1.29, 1.82) is 0 Å². The first-order chi connectivity index (χ1) is 6.08. The summed E-state index contributed by atoms with van der Waals surface area (Å²) in [5.41, 5.74) is 0. The van der Waals surface area contributed by atoms with Gasteiger partial charge in [0.15, 0.2) is 0 Å². The lowest BCUT2D eigenvalue weighted by atomic mass is 10.2. The zero-order chi connectivity index (χ0) is 9.90. The molecule has 0 aromatic rings. The Hall–Kier alpha value is 0.420. The lowest BCUT2D eigenvalue weighted by Gasteiger charge is -2.33. The van der Waals surface area contributed by atoms with Gasteiger partial charge in [-0.1, -0.05) is 0 Å². The summed E-state index contributed by atoms with van der Waals surface area (Å²) < 4.78 is 11.3. The lowest BCUT2D eigenvalue weighted by molar-refractivity contribution is 0.0865. The maximum Gasteiger partial charge on any atom is 0.0906 e. The minimum Gasteiger partial charge on any atom is -0.394 e. The zero-order valence-electron chi connectivity index (χ0n) is 7.73. The number of rotatable bonds is 3. The highest BCUT2D eigenvalue weighted by Gasteiger charge is 2.36. The molecule has 0 amide bonds. The van der Waals surface area contributed by atoms with E-state index in [2.05, 4.69) is 0 Å². The van der Waals surface area contributed by atoms with E-state index in [0.717, 1.165) is 17.9 Å². The van der Waals surface area contributed by atoms with Gasteiger partial charge in [-0.05, 0) is 19.1 Å². The maximum atomic E-state index is 11.7. The summed E-state index contributed by atoms with van der Waals surface area (Å²) in [5, 5.41) is 18.0. The second-order valence-electron chi connectivity index (χ2n) is 3.43. The van der Waals surface area contributed by atoms with E-state index in [1.54, 1.807) is 11.8 Å². The Morgan fingerprint density at radius 1 is 1.69 bits per heavy atom. The average molecular weight is 224 g/mol. The fraction of sp³-hybridized carbons (Fsp3) is 1.00. The van der Waals surface area contributed by atoms with Crippen LogP contribution in [0, 0.1) is 0 Å². The molecule has 2 N–H and O–H groups in total. The Kier molecular flexibility index (Phi) is 4.22. The van der Waals surface area contributed by atoms with Gasteiger partial charge in [0.25, 0.3) is 0 Å². The largest absolute Gasteiger partial charge is 0.394 e. The first-order valence-corrected chi connectivity index (χ1v) is 6.70. The van der Waals surface area contributed by atoms with Crippen LogP contribution in [0.3, 0.4) is 0 Å². The lowest BCUT2D eigenvalue weighted by Crippen LogP contribution is -2.37. The molecule has 5 heteroatoms. The van der Waals surface area contributed by atoms with Crippen LogP contribution in [0.1, 0.15) is 19.8 Å². The summed E-state index contributed by atoms with van der Waals surface area (Å²) in [6.45, 7) is 1.67. The predicted molar refractivity (Wildman–Crippen MR) is 56.2 cm³/mol. The standard InChI is InChI=1S/C8H16O3S2/c1-8(5-7(10)6-9)12-3-2-4-13(8)11/h7,9-10H,2-6H2,1H3/t7-,8+,13?/m1/s1. The quantitative estimate of drug-likeness (QED) is 0.725. The molecule has 1 heterocycles. The second-order valence-corrected chi connectivity index (χ2v) is 7.28. The molecule has 0 aromatic carbocycles. The number of hydrogen-bond acceptors (Lipinski definition) is 4.